The highest BCUT2D eigenvalue weighted by molar-refractivity contribution is 7.19. The number of fused-ring (bicyclic) bond motifs is 1. The van der Waals surface area contributed by atoms with Gasteiger partial charge >= 0.3 is 5.97 Å². The molecule has 1 N–H and O–H groups in total. The van der Waals surface area contributed by atoms with Gasteiger partial charge in [-0.1, -0.05) is 24.3 Å². The van der Waals surface area contributed by atoms with Crippen LogP contribution in [-0.4, -0.2) is 42.3 Å². The molecule has 152 valence electrons. The number of carboxylic acids is 1. The number of carbonyl (C=O) groups is 1. The van der Waals surface area contributed by atoms with E-state index in [2.05, 4.69) is 23.1 Å². The van der Waals surface area contributed by atoms with Crippen molar-refractivity contribution < 1.29 is 19.4 Å². The van der Waals surface area contributed by atoms with E-state index in [1.807, 2.05) is 37.3 Å². The normalized spacial score (nSPS) is 18.1. The molecule has 2 atom stereocenters. The van der Waals surface area contributed by atoms with E-state index < -0.39 is 12.0 Å². The van der Waals surface area contributed by atoms with E-state index in [9.17, 15) is 9.90 Å². The first kappa shape index (κ1) is 19.7. The Labute approximate surface area is 174 Å². The summed E-state index contributed by atoms with van der Waals surface area (Å²) in [5.74, 6) is 0.610. The van der Waals surface area contributed by atoms with Gasteiger partial charge < -0.3 is 14.6 Å². The molecule has 3 aromatic rings. The molecule has 0 spiro atoms. The summed E-state index contributed by atoms with van der Waals surface area (Å²) in [5.41, 5.74) is 1.02. The molecule has 2 heterocycles. The standard InChI is InChI=1S/C23H25NO4S/c1-3-28-19-13-16(10-11-18(19)27-2)22(24-12-6-8-17(24)23(25)26)21-14-15-7-4-5-9-20(15)29-21/h4-5,7,9-11,13-14,17,22H,3,6,8,12H2,1-2H3,(H,25,26). The zero-order valence-corrected chi connectivity index (χ0v) is 17.4. The fourth-order valence-electron chi connectivity index (χ4n) is 4.15. The Balaban J connectivity index is 1.84. The van der Waals surface area contributed by atoms with E-state index in [1.165, 1.54) is 10.1 Å². The molecule has 0 amide bonds. The third-order valence-corrected chi connectivity index (χ3v) is 6.60. The molecular formula is C23H25NO4S. The molecule has 4 rings (SSSR count). The molecule has 0 saturated carbocycles. The van der Waals surface area contributed by atoms with Gasteiger partial charge in [0.25, 0.3) is 0 Å². The quantitative estimate of drug-likeness (QED) is 0.596. The number of benzene rings is 2. The summed E-state index contributed by atoms with van der Waals surface area (Å²) in [6.45, 7) is 3.23. The Morgan fingerprint density at radius 2 is 2.07 bits per heavy atom. The van der Waals surface area contributed by atoms with Crippen molar-refractivity contribution in [3.63, 3.8) is 0 Å². The van der Waals surface area contributed by atoms with E-state index in [-0.39, 0.29) is 6.04 Å². The maximum atomic E-state index is 11.9. The topological polar surface area (TPSA) is 59.0 Å². The Morgan fingerprint density at radius 1 is 1.24 bits per heavy atom. The lowest BCUT2D eigenvalue weighted by molar-refractivity contribution is -0.142. The van der Waals surface area contributed by atoms with Crippen LogP contribution in [0.25, 0.3) is 10.1 Å². The fourth-order valence-corrected chi connectivity index (χ4v) is 5.37. The number of ether oxygens (including phenoxy) is 2. The van der Waals surface area contributed by atoms with Gasteiger partial charge in [0.05, 0.1) is 19.8 Å². The Morgan fingerprint density at radius 3 is 2.79 bits per heavy atom. The van der Waals surface area contributed by atoms with Gasteiger partial charge in [0.15, 0.2) is 11.5 Å². The highest BCUT2D eigenvalue weighted by Crippen LogP contribution is 2.42. The van der Waals surface area contributed by atoms with Gasteiger partial charge in [-0.2, -0.15) is 0 Å². The van der Waals surface area contributed by atoms with E-state index >= 15 is 0 Å². The molecule has 2 aromatic carbocycles. The first-order valence-electron chi connectivity index (χ1n) is 9.90. The van der Waals surface area contributed by atoms with Crippen molar-refractivity contribution in [1.82, 2.24) is 4.90 Å². The molecule has 1 aromatic heterocycles. The first-order valence-corrected chi connectivity index (χ1v) is 10.7. The van der Waals surface area contributed by atoms with Crippen LogP contribution in [0.2, 0.25) is 0 Å². The van der Waals surface area contributed by atoms with Crippen LogP contribution in [0, 0.1) is 0 Å². The van der Waals surface area contributed by atoms with Crippen LogP contribution < -0.4 is 9.47 Å². The van der Waals surface area contributed by atoms with Crippen LogP contribution in [0.3, 0.4) is 0 Å². The Hall–Kier alpha value is -2.57. The van der Waals surface area contributed by atoms with Gasteiger partial charge in [0.2, 0.25) is 0 Å². The average Bonchev–Trinajstić information content (AvgIpc) is 3.36. The van der Waals surface area contributed by atoms with Gasteiger partial charge in [0.1, 0.15) is 6.04 Å². The molecule has 0 bridgehead atoms. The van der Waals surface area contributed by atoms with Crippen LogP contribution in [-0.2, 0) is 4.79 Å². The van der Waals surface area contributed by atoms with Crippen LogP contribution >= 0.6 is 11.3 Å². The lowest BCUT2D eigenvalue weighted by Gasteiger charge is -2.31. The summed E-state index contributed by atoms with van der Waals surface area (Å²) in [4.78, 5) is 15.2. The number of hydrogen-bond donors (Lipinski definition) is 1. The Bertz CT molecular complexity index is 982. The van der Waals surface area contributed by atoms with Crippen LogP contribution in [0.4, 0.5) is 0 Å². The third kappa shape index (κ3) is 3.82. The van der Waals surface area contributed by atoms with E-state index in [1.54, 1.807) is 18.4 Å². The lowest BCUT2D eigenvalue weighted by atomic mass is 10.0. The summed E-state index contributed by atoms with van der Waals surface area (Å²) in [6, 6.07) is 15.8. The minimum Gasteiger partial charge on any atom is -0.493 e. The molecule has 5 nitrogen and oxygen atoms in total. The monoisotopic (exact) mass is 411 g/mol. The van der Waals surface area contributed by atoms with Crippen LogP contribution in [0.1, 0.15) is 36.2 Å². The summed E-state index contributed by atoms with van der Waals surface area (Å²) in [5, 5.41) is 11.0. The molecule has 1 aliphatic heterocycles. The predicted octanol–water partition coefficient (Wildman–Crippen LogP) is 4.95. The SMILES string of the molecule is CCOc1cc(C(c2cc3ccccc3s2)N2CCCC2C(=O)O)ccc1OC. The lowest BCUT2D eigenvalue weighted by Crippen LogP contribution is -2.39. The number of thiophene rings is 1. The summed E-state index contributed by atoms with van der Waals surface area (Å²) in [6.07, 6.45) is 1.55. The molecule has 0 aliphatic carbocycles. The van der Waals surface area contributed by atoms with Crippen molar-refractivity contribution in [3.8, 4) is 11.5 Å². The number of rotatable bonds is 7. The second-order valence-electron chi connectivity index (χ2n) is 7.17. The summed E-state index contributed by atoms with van der Waals surface area (Å²) >= 11 is 1.72. The predicted molar refractivity (Wildman–Crippen MR) is 115 cm³/mol. The molecular weight excluding hydrogens is 386 g/mol. The number of carboxylic acid groups (broad SMARTS) is 1. The van der Waals surface area contributed by atoms with Gasteiger partial charge in [-0.3, -0.25) is 9.69 Å². The van der Waals surface area contributed by atoms with Crippen molar-refractivity contribution in [3.05, 3.63) is 59.0 Å². The van der Waals surface area contributed by atoms with E-state index in [0.29, 0.717) is 24.5 Å². The van der Waals surface area contributed by atoms with E-state index in [0.717, 1.165) is 23.4 Å². The summed E-state index contributed by atoms with van der Waals surface area (Å²) in [7, 11) is 1.63. The third-order valence-electron chi connectivity index (χ3n) is 5.43. The number of methoxy groups -OCH3 is 1. The molecule has 2 unspecified atom stereocenters. The largest absolute Gasteiger partial charge is 0.493 e. The van der Waals surface area contributed by atoms with Gasteiger partial charge in [-0.15, -0.1) is 11.3 Å². The van der Waals surface area contributed by atoms with Crippen molar-refractivity contribution in [2.24, 2.45) is 0 Å². The Kier molecular flexibility index (Phi) is 5.74. The summed E-state index contributed by atoms with van der Waals surface area (Å²) < 4.78 is 12.4. The average molecular weight is 412 g/mol. The zero-order valence-electron chi connectivity index (χ0n) is 16.6. The second-order valence-corrected chi connectivity index (χ2v) is 8.28. The van der Waals surface area contributed by atoms with Crippen molar-refractivity contribution in [2.45, 2.75) is 31.8 Å². The fraction of sp³-hybridized carbons (Fsp3) is 0.348. The maximum Gasteiger partial charge on any atom is 0.320 e. The van der Waals surface area contributed by atoms with Crippen molar-refractivity contribution >= 4 is 27.4 Å². The zero-order chi connectivity index (χ0) is 20.4. The molecule has 1 saturated heterocycles. The maximum absolute atomic E-state index is 11.9. The van der Waals surface area contributed by atoms with Crippen LogP contribution in [0.15, 0.2) is 48.5 Å². The van der Waals surface area contributed by atoms with E-state index in [4.69, 9.17) is 9.47 Å². The molecule has 0 radical (unpaired) electrons. The highest BCUT2D eigenvalue weighted by atomic mass is 32.1. The molecule has 29 heavy (non-hydrogen) atoms. The first-order chi connectivity index (χ1) is 14.1. The molecule has 6 heteroatoms. The van der Waals surface area contributed by atoms with Gasteiger partial charge in [0, 0.05) is 16.1 Å². The number of hydrogen-bond acceptors (Lipinski definition) is 5. The number of nitrogens with zero attached hydrogens (tertiary/aromatic N) is 1. The molecule has 1 fully saturated rings. The smallest absolute Gasteiger partial charge is 0.320 e. The van der Waals surface area contributed by atoms with Gasteiger partial charge in [-0.05, 0) is 55.0 Å². The second kappa shape index (κ2) is 8.43. The van der Waals surface area contributed by atoms with Gasteiger partial charge in [-0.25, -0.2) is 0 Å². The number of likely N-dealkylation sites (tertiary alicyclic amines) is 1. The molecule has 1 aliphatic rings. The highest BCUT2D eigenvalue weighted by Gasteiger charge is 2.37. The minimum absolute atomic E-state index is 0.138. The van der Waals surface area contributed by atoms with Crippen molar-refractivity contribution in [2.75, 3.05) is 20.3 Å². The number of aliphatic carboxylic acids is 1. The minimum atomic E-state index is -0.757. The van der Waals surface area contributed by atoms with Crippen molar-refractivity contribution in [1.29, 1.82) is 0 Å². The van der Waals surface area contributed by atoms with Crippen LogP contribution in [0.5, 0.6) is 11.5 Å².